The van der Waals surface area contributed by atoms with Crippen LogP contribution in [-0.4, -0.2) is 58.2 Å². The molecule has 0 radical (unpaired) electrons. The summed E-state index contributed by atoms with van der Waals surface area (Å²) in [6.07, 6.45) is 4.90. The van der Waals surface area contributed by atoms with Crippen LogP contribution in [0.25, 0.3) is 10.2 Å². The van der Waals surface area contributed by atoms with Gasteiger partial charge in [0.25, 0.3) is 5.91 Å². The molecule has 0 bridgehead atoms. The molecule has 196 valence electrons. The van der Waals surface area contributed by atoms with Crippen LogP contribution in [0.15, 0.2) is 6.07 Å². The summed E-state index contributed by atoms with van der Waals surface area (Å²) in [6.45, 7) is 5.49. The number of hydrogen-bond donors (Lipinski definition) is 3. The van der Waals surface area contributed by atoms with Gasteiger partial charge < -0.3 is 26.4 Å². The van der Waals surface area contributed by atoms with Gasteiger partial charge in [0, 0.05) is 24.9 Å². The number of aromatic nitrogens is 3. The number of nitrogens with two attached hydrogens (primary N) is 2. The van der Waals surface area contributed by atoms with E-state index in [2.05, 4.69) is 15.3 Å². The second kappa shape index (κ2) is 9.14. The van der Waals surface area contributed by atoms with E-state index < -0.39 is 5.60 Å². The quantitative estimate of drug-likeness (QED) is 0.476. The maximum Gasteiger partial charge on any atom is 0.263 e. The van der Waals surface area contributed by atoms with Gasteiger partial charge in [-0.25, -0.2) is 19.3 Å². The molecule has 37 heavy (non-hydrogen) atoms. The van der Waals surface area contributed by atoms with Crippen molar-refractivity contribution in [1.29, 1.82) is 0 Å². The Morgan fingerprint density at radius 3 is 2.92 bits per heavy atom. The smallest absolute Gasteiger partial charge is 0.263 e. The van der Waals surface area contributed by atoms with E-state index in [9.17, 15) is 4.79 Å². The minimum atomic E-state index is -0.408. The minimum Gasteiger partial charge on any atom is -0.397 e. The van der Waals surface area contributed by atoms with Crippen molar-refractivity contribution < 1.29 is 13.9 Å². The molecule has 3 atom stereocenters. The van der Waals surface area contributed by atoms with Gasteiger partial charge in [0.2, 0.25) is 0 Å². The van der Waals surface area contributed by atoms with Crippen LogP contribution in [0.4, 0.5) is 15.9 Å². The molecule has 1 amide bonds. The van der Waals surface area contributed by atoms with Gasteiger partial charge in [-0.05, 0) is 64.0 Å². The van der Waals surface area contributed by atoms with Crippen molar-refractivity contribution >= 4 is 39.0 Å². The number of carbonyl (C=O) groups is 1. The number of thiophene rings is 1. The molecule has 3 unspecified atom stereocenters. The Labute approximate surface area is 218 Å². The van der Waals surface area contributed by atoms with Gasteiger partial charge in [-0.1, -0.05) is 0 Å². The number of nitrogens with zero attached hydrogens (tertiary/aromatic N) is 4. The number of aryl methyl sites for hydroxylation is 3. The van der Waals surface area contributed by atoms with Crippen molar-refractivity contribution in [2.24, 2.45) is 5.73 Å². The van der Waals surface area contributed by atoms with E-state index in [0.29, 0.717) is 66.0 Å². The predicted molar refractivity (Wildman–Crippen MR) is 141 cm³/mol. The monoisotopic (exact) mass is 525 g/mol. The summed E-state index contributed by atoms with van der Waals surface area (Å²) in [7, 11) is 0. The standard InChI is InChI=1S/C26H32FN7O2S/c1-13-20-21(29)22(37-25(20)31-14(2)30-13)24(35)32-16-5-6-18-15(9-16)10-17(27)23(33-18)34-11-19(28)26(12-34)7-3-4-8-36-26/h10,16,19H,3-9,11-12,28-29H2,1-2H3,(H,32,35). The summed E-state index contributed by atoms with van der Waals surface area (Å²) in [4.78, 5) is 29.8. The number of amides is 1. The third-order valence-corrected chi connectivity index (χ3v) is 9.08. The largest absolute Gasteiger partial charge is 0.397 e. The minimum absolute atomic E-state index is 0.135. The number of hydrogen-bond acceptors (Lipinski definition) is 9. The van der Waals surface area contributed by atoms with Crippen LogP contribution in [-0.2, 0) is 17.6 Å². The molecule has 3 aromatic heterocycles. The molecule has 2 aliphatic heterocycles. The normalized spacial score (nSPS) is 25.6. The van der Waals surface area contributed by atoms with Crippen LogP contribution < -0.4 is 21.7 Å². The van der Waals surface area contributed by atoms with E-state index in [1.54, 1.807) is 6.07 Å². The van der Waals surface area contributed by atoms with Crippen molar-refractivity contribution in [2.45, 2.75) is 70.1 Å². The predicted octanol–water partition coefficient (Wildman–Crippen LogP) is 2.80. The molecule has 2 saturated heterocycles. The summed E-state index contributed by atoms with van der Waals surface area (Å²) in [5.74, 6) is 0.407. The van der Waals surface area contributed by atoms with Gasteiger partial charge >= 0.3 is 0 Å². The summed E-state index contributed by atoms with van der Waals surface area (Å²) in [5.41, 5.74) is 15.2. The number of fused-ring (bicyclic) bond motifs is 2. The lowest BCUT2D eigenvalue weighted by Gasteiger charge is -2.36. The second-order valence-electron chi connectivity index (χ2n) is 10.6. The highest BCUT2D eigenvalue weighted by molar-refractivity contribution is 7.21. The van der Waals surface area contributed by atoms with Gasteiger partial charge in [0.05, 0.1) is 29.4 Å². The third kappa shape index (κ3) is 4.22. The Kier molecular flexibility index (Phi) is 6.04. The Morgan fingerprint density at radius 2 is 2.14 bits per heavy atom. The van der Waals surface area contributed by atoms with Crippen molar-refractivity contribution in [1.82, 2.24) is 20.3 Å². The average Bonchev–Trinajstić information content (AvgIpc) is 3.35. The second-order valence-corrected chi connectivity index (χ2v) is 11.6. The molecule has 9 nitrogen and oxygen atoms in total. The van der Waals surface area contributed by atoms with Crippen LogP contribution in [0, 0.1) is 19.7 Å². The number of halogens is 1. The number of nitrogen functional groups attached to an aromatic ring is 1. The van der Waals surface area contributed by atoms with Gasteiger partial charge in [0.15, 0.2) is 11.6 Å². The van der Waals surface area contributed by atoms with Gasteiger partial charge in [-0.2, -0.15) is 0 Å². The SMILES string of the molecule is Cc1nc(C)c2c(N)c(C(=O)NC3CCc4nc(N5CC(N)C6(CCCCO6)C5)c(F)cc4C3)sc2n1. The fourth-order valence-corrected chi connectivity index (χ4v) is 7.18. The van der Waals surface area contributed by atoms with Crippen molar-refractivity contribution in [2.75, 3.05) is 30.3 Å². The molecule has 0 saturated carbocycles. The molecule has 3 aliphatic rings. The fraction of sp³-hybridized carbons (Fsp3) is 0.538. The first-order valence-corrected chi connectivity index (χ1v) is 13.7. The van der Waals surface area contributed by atoms with E-state index in [-0.39, 0.29) is 23.8 Å². The van der Waals surface area contributed by atoms with E-state index in [4.69, 9.17) is 21.2 Å². The lowest BCUT2D eigenvalue weighted by atomic mass is 9.89. The Balaban J connectivity index is 1.18. The first-order chi connectivity index (χ1) is 17.7. The van der Waals surface area contributed by atoms with E-state index >= 15 is 4.39 Å². The van der Waals surface area contributed by atoms with Crippen LogP contribution in [0.3, 0.4) is 0 Å². The van der Waals surface area contributed by atoms with Crippen molar-refractivity contribution in [3.63, 3.8) is 0 Å². The first kappa shape index (κ1) is 24.4. The molecule has 0 aromatic carbocycles. The summed E-state index contributed by atoms with van der Waals surface area (Å²) >= 11 is 1.28. The molecule has 3 aromatic rings. The van der Waals surface area contributed by atoms with E-state index in [0.717, 1.165) is 41.6 Å². The number of pyridine rings is 1. The Bertz CT molecular complexity index is 1390. The first-order valence-electron chi connectivity index (χ1n) is 12.9. The molecule has 1 aliphatic carbocycles. The summed E-state index contributed by atoms with van der Waals surface area (Å²) < 4.78 is 21.4. The maximum atomic E-state index is 15.3. The number of anilines is 2. The highest BCUT2D eigenvalue weighted by Crippen LogP contribution is 2.37. The van der Waals surface area contributed by atoms with Crippen molar-refractivity contribution in [3.8, 4) is 0 Å². The lowest BCUT2D eigenvalue weighted by molar-refractivity contribution is -0.0717. The number of carbonyl (C=O) groups excluding carboxylic acids is 1. The zero-order valence-corrected chi connectivity index (χ0v) is 22.0. The molecule has 1 spiro atoms. The topological polar surface area (TPSA) is 132 Å². The number of rotatable bonds is 3. The average molecular weight is 526 g/mol. The van der Waals surface area contributed by atoms with E-state index in [1.165, 1.54) is 11.3 Å². The van der Waals surface area contributed by atoms with Gasteiger partial charge in [-0.3, -0.25) is 4.79 Å². The Hall–Kier alpha value is -2.89. The molecule has 11 heteroatoms. The summed E-state index contributed by atoms with van der Waals surface area (Å²) in [6, 6.07) is 1.28. The zero-order valence-electron chi connectivity index (χ0n) is 21.1. The van der Waals surface area contributed by atoms with Crippen LogP contribution in [0.2, 0.25) is 0 Å². The van der Waals surface area contributed by atoms with Crippen LogP contribution >= 0.6 is 11.3 Å². The number of ether oxygens (including phenoxy) is 1. The molecular weight excluding hydrogens is 493 g/mol. The van der Waals surface area contributed by atoms with Gasteiger partial charge in [0.1, 0.15) is 21.1 Å². The zero-order chi connectivity index (χ0) is 25.9. The fourth-order valence-electron chi connectivity index (χ4n) is 6.08. The van der Waals surface area contributed by atoms with Crippen LogP contribution in [0.1, 0.15) is 58.1 Å². The third-order valence-electron chi connectivity index (χ3n) is 7.98. The number of nitrogens with one attached hydrogen (secondary N) is 1. The highest BCUT2D eigenvalue weighted by atomic mass is 32.1. The van der Waals surface area contributed by atoms with E-state index in [1.807, 2.05) is 18.7 Å². The van der Waals surface area contributed by atoms with Gasteiger partial charge in [-0.15, -0.1) is 11.3 Å². The maximum absolute atomic E-state index is 15.3. The Morgan fingerprint density at radius 1 is 1.30 bits per heavy atom. The van der Waals surface area contributed by atoms with Crippen LogP contribution in [0.5, 0.6) is 0 Å². The lowest BCUT2D eigenvalue weighted by Crippen LogP contribution is -2.51. The molecule has 6 rings (SSSR count). The molecular formula is C26H32FN7O2S. The highest BCUT2D eigenvalue weighted by Gasteiger charge is 2.47. The molecule has 5 N–H and O–H groups in total. The summed E-state index contributed by atoms with van der Waals surface area (Å²) in [5, 5.41) is 3.83. The molecule has 5 heterocycles. The molecule has 2 fully saturated rings. The van der Waals surface area contributed by atoms with Crippen molar-refractivity contribution in [3.05, 3.63) is 39.5 Å².